The van der Waals surface area contributed by atoms with Crippen molar-refractivity contribution in [2.24, 2.45) is 0 Å². The number of anilines is 1. The third kappa shape index (κ3) is 2.82. The summed E-state index contributed by atoms with van der Waals surface area (Å²) in [4.78, 5) is 17.0. The highest BCUT2D eigenvalue weighted by Crippen LogP contribution is 2.20. The fraction of sp³-hybridized carbons (Fsp3) is 0.111. The molecule has 0 saturated heterocycles. The number of nitrogens with one attached hydrogen (secondary N) is 1. The highest BCUT2D eigenvalue weighted by molar-refractivity contribution is 6.12. The summed E-state index contributed by atoms with van der Waals surface area (Å²) in [7, 11) is 0. The number of nitrogens with zero attached hydrogens (tertiary/aromatic N) is 1. The van der Waals surface area contributed by atoms with E-state index >= 15 is 0 Å². The minimum absolute atomic E-state index is 0.0546. The summed E-state index contributed by atoms with van der Waals surface area (Å²) >= 11 is 0. The minimum Gasteiger partial charge on any atom is -0.392 e. The highest BCUT2D eigenvalue weighted by atomic mass is 16.3. The maximum Gasteiger partial charge on any atom is 0.256 e. The van der Waals surface area contributed by atoms with Gasteiger partial charge in [-0.1, -0.05) is 30.3 Å². The number of fused-ring (bicyclic) bond motifs is 1. The highest BCUT2D eigenvalue weighted by Gasteiger charge is 2.12. The van der Waals surface area contributed by atoms with Gasteiger partial charge >= 0.3 is 0 Å². The van der Waals surface area contributed by atoms with E-state index in [4.69, 9.17) is 5.11 Å². The van der Waals surface area contributed by atoms with Crippen LogP contribution in [0, 0.1) is 6.92 Å². The molecule has 4 heteroatoms. The van der Waals surface area contributed by atoms with Gasteiger partial charge in [0.1, 0.15) is 0 Å². The number of benzene rings is 2. The number of amides is 1. The maximum absolute atomic E-state index is 12.6. The zero-order valence-electron chi connectivity index (χ0n) is 12.2. The Bertz CT molecular complexity index is 843. The van der Waals surface area contributed by atoms with E-state index in [9.17, 15) is 4.79 Å². The SMILES string of the molecule is Cc1cc(C(=O)Nc2cccc(CO)c2)c2ccccc2n1. The van der Waals surface area contributed by atoms with Crippen molar-refractivity contribution in [2.75, 3.05) is 5.32 Å². The predicted molar refractivity (Wildman–Crippen MR) is 86.8 cm³/mol. The summed E-state index contributed by atoms with van der Waals surface area (Å²) in [6.45, 7) is 1.82. The molecule has 0 unspecified atom stereocenters. The molecular formula is C18H16N2O2. The second-order valence-electron chi connectivity index (χ2n) is 5.14. The van der Waals surface area contributed by atoms with E-state index in [2.05, 4.69) is 10.3 Å². The van der Waals surface area contributed by atoms with Crippen LogP contribution in [0.5, 0.6) is 0 Å². The molecule has 22 heavy (non-hydrogen) atoms. The normalized spacial score (nSPS) is 10.6. The van der Waals surface area contributed by atoms with Gasteiger partial charge in [0.25, 0.3) is 5.91 Å². The van der Waals surface area contributed by atoms with Crippen molar-refractivity contribution >= 4 is 22.5 Å². The number of rotatable bonds is 3. The van der Waals surface area contributed by atoms with Crippen LogP contribution < -0.4 is 5.32 Å². The van der Waals surface area contributed by atoms with Crippen LogP contribution in [0.15, 0.2) is 54.6 Å². The fourth-order valence-corrected chi connectivity index (χ4v) is 2.44. The molecule has 0 fully saturated rings. The number of aryl methyl sites for hydroxylation is 1. The van der Waals surface area contributed by atoms with Crippen LogP contribution in [0.4, 0.5) is 5.69 Å². The van der Waals surface area contributed by atoms with Gasteiger partial charge in [-0.2, -0.15) is 0 Å². The number of hydrogen-bond donors (Lipinski definition) is 2. The van der Waals surface area contributed by atoms with Gasteiger partial charge in [0.05, 0.1) is 17.7 Å². The van der Waals surface area contributed by atoms with Crippen molar-refractivity contribution in [3.05, 3.63) is 71.4 Å². The second-order valence-corrected chi connectivity index (χ2v) is 5.14. The molecule has 0 atom stereocenters. The number of aliphatic hydroxyl groups is 1. The van der Waals surface area contributed by atoms with Gasteiger partial charge < -0.3 is 10.4 Å². The van der Waals surface area contributed by atoms with E-state index in [1.165, 1.54) is 0 Å². The fourth-order valence-electron chi connectivity index (χ4n) is 2.44. The average molecular weight is 292 g/mol. The van der Waals surface area contributed by atoms with Crippen molar-refractivity contribution in [1.82, 2.24) is 4.98 Å². The molecule has 3 aromatic rings. The number of aromatic nitrogens is 1. The van der Waals surface area contributed by atoms with Gasteiger partial charge in [0.15, 0.2) is 0 Å². The molecule has 0 saturated carbocycles. The quantitative estimate of drug-likeness (QED) is 0.778. The smallest absolute Gasteiger partial charge is 0.256 e. The Hall–Kier alpha value is -2.72. The Kier molecular flexibility index (Phi) is 3.85. The molecule has 0 spiro atoms. The zero-order chi connectivity index (χ0) is 15.5. The maximum atomic E-state index is 12.6. The molecule has 0 aliphatic rings. The van der Waals surface area contributed by atoms with Gasteiger partial charge in [0.2, 0.25) is 0 Å². The van der Waals surface area contributed by atoms with Crippen molar-refractivity contribution in [3.8, 4) is 0 Å². The van der Waals surface area contributed by atoms with Crippen molar-refractivity contribution in [2.45, 2.75) is 13.5 Å². The summed E-state index contributed by atoms with van der Waals surface area (Å²) in [5.41, 5.74) is 3.62. The van der Waals surface area contributed by atoms with Crippen LogP contribution in [0.25, 0.3) is 10.9 Å². The van der Waals surface area contributed by atoms with E-state index in [-0.39, 0.29) is 12.5 Å². The van der Waals surface area contributed by atoms with Crippen molar-refractivity contribution in [1.29, 1.82) is 0 Å². The lowest BCUT2D eigenvalue weighted by Crippen LogP contribution is -2.13. The van der Waals surface area contributed by atoms with E-state index < -0.39 is 0 Å². The molecule has 110 valence electrons. The summed E-state index contributed by atoms with van der Waals surface area (Å²) in [6, 6.07) is 16.5. The Morgan fingerprint density at radius 1 is 1.14 bits per heavy atom. The third-order valence-corrected chi connectivity index (χ3v) is 3.46. The third-order valence-electron chi connectivity index (χ3n) is 3.46. The lowest BCUT2D eigenvalue weighted by Gasteiger charge is -2.09. The van der Waals surface area contributed by atoms with Gasteiger partial charge in [-0.25, -0.2) is 0 Å². The number of carbonyl (C=O) groups excluding carboxylic acids is 1. The molecule has 1 heterocycles. The lowest BCUT2D eigenvalue weighted by molar-refractivity contribution is 0.102. The number of aliphatic hydroxyl groups excluding tert-OH is 1. The summed E-state index contributed by atoms with van der Waals surface area (Å²) in [6.07, 6.45) is 0. The van der Waals surface area contributed by atoms with Crippen LogP contribution in [0.1, 0.15) is 21.6 Å². The van der Waals surface area contributed by atoms with Gasteiger partial charge in [-0.3, -0.25) is 9.78 Å². The molecule has 4 nitrogen and oxygen atoms in total. The second kappa shape index (κ2) is 5.95. The van der Waals surface area contributed by atoms with E-state index in [0.29, 0.717) is 11.3 Å². The Morgan fingerprint density at radius 3 is 2.77 bits per heavy atom. The monoisotopic (exact) mass is 292 g/mol. The molecule has 0 radical (unpaired) electrons. The lowest BCUT2D eigenvalue weighted by atomic mass is 10.1. The molecule has 0 aliphatic carbocycles. The summed E-state index contributed by atoms with van der Waals surface area (Å²) < 4.78 is 0. The van der Waals surface area contributed by atoms with E-state index in [0.717, 1.165) is 22.2 Å². The molecule has 3 rings (SSSR count). The van der Waals surface area contributed by atoms with Crippen LogP contribution >= 0.6 is 0 Å². The topological polar surface area (TPSA) is 62.2 Å². The van der Waals surface area contributed by atoms with Crippen molar-refractivity contribution < 1.29 is 9.90 Å². The van der Waals surface area contributed by atoms with E-state index in [1.54, 1.807) is 24.3 Å². The summed E-state index contributed by atoms with van der Waals surface area (Å²) in [5, 5.41) is 12.9. The zero-order valence-corrected chi connectivity index (χ0v) is 12.2. The number of carbonyl (C=O) groups is 1. The van der Waals surface area contributed by atoms with Crippen LogP contribution in [-0.2, 0) is 6.61 Å². The number of hydrogen-bond acceptors (Lipinski definition) is 3. The Labute approximate surface area is 128 Å². The minimum atomic E-state index is -0.184. The molecule has 2 N–H and O–H groups in total. The van der Waals surface area contributed by atoms with Gasteiger partial charge in [-0.15, -0.1) is 0 Å². The summed E-state index contributed by atoms with van der Waals surface area (Å²) in [5.74, 6) is -0.184. The standard InChI is InChI=1S/C18H16N2O2/c1-12-9-16(15-7-2-3-8-17(15)19-12)18(22)20-14-6-4-5-13(10-14)11-21/h2-10,21H,11H2,1H3,(H,20,22). The molecule has 1 aromatic heterocycles. The van der Waals surface area contributed by atoms with Crippen LogP contribution in [-0.4, -0.2) is 16.0 Å². The van der Waals surface area contributed by atoms with Crippen LogP contribution in [0.3, 0.4) is 0 Å². The molecule has 0 aliphatic heterocycles. The first-order valence-corrected chi connectivity index (χ1v) is 7.05. The number of pyridine rings is 1. The molecule has 1 amide bonds. The predicted octanol–water partition coefficient (Wildman–Crippen LogP) is 3.29. The number of para-hydroxylation sites is 1. The van der Waals surface area contributed by atoms with Crippen molar-refractivity contribution in [3.63, 3.8) is 0 Å². The Morgan fingerprint density at radius 2 is 1.95 bits per heavy atom. The van der Waals surface area contributed by atoms with Crippen LogP contribution in [0.2, 0.25) is 0 Å². The first kappa shape index (κ1) is 14.2. The first-order chi connectivity index (χ1) is 10.7. The largest absolute Gasteiger partial charge is 0.392 e. The molecule has 0 bridgehead atoms. The molecule has 2 aromatic carbocycles. The first-order valence-electron chi connectivity index (χ1n) is 7.05. The average Bonchev–Trinajstić information content (AvgIpc) is 2.54. The van der Waals surface area contributed by atoms with Gasteiger partial charge in [-0.05, 0) is 36.8 Å². The Balaban J connectivity index is 1.98. The molecular weight excluding hydrogens is 276 g/mol. The van der Waals surface area contributed by atoms with E-state index in [1.807, 2.05) is 37.3 Å². The van der Waals surface area contributed by atoms with Gasteiger partial charge in [0, 0.05) is 16.8 Å².